The number of phenolic OH excluding ortho intramolecular Hbond substituents is 6. The van der Waals surface area contributed by atoms with Gasteiger partial charge in [-0.05, 0) is 24.3 Å². The molecule has 0 aromatic heterocycles. The van der Waals surface area contributed by atoms with E-state index in [2.05, 4.69) is 4.74 Å². The monoisotopic (exact) mass is 484 g/mol. The van der Waals surface area contributed by atoms with Crippen molar-refractivity contribution in [3.8, 4) is 34.5 Å². The van der Waals surface area contributed by atoms with E-state index in [0.717, 1.165) is 12.1 Å². The molecule has 0 aliphatic carbocycles. The molecule has 0 amide bonds. The Labute approximate surface area is 189 Å². The van der Waals surface area contributed by atoms with E-state index in [1.54, 1.807) is 0 Å². The van der Waals surface area contributed by atoms with E-state index < -0.39 is 94.2 Å². The second-order valence-corrected chi connectivity index (χ2v) is 7.01. The van der Waals surface area contributed by atoms with Crippen LogP contribution in [0.1, 0.15) is 20.7 Å². The number of carbonyl (C=O) groups excluding carboxylic acids is 3. The second kappa shape index (κ2) is 10.2. The van der Waals surface area contributed by atoms with Crippen LogP contribution in [0.15, 0.2) is 24.3 Å². The van der Waals surface area contributed by atoms with Crippen molar-refractivity contribution in [1.82, 2.24) is 0 Å². The Morgan fingerprint density at radius 3 is 1.53 bits per heavy atom. The smallest absolute Gasteiger partial charge is 0.338 e. The third-order valence-corrected chi connectivity index (χ3v) is 4.58. The molecule has 0 saturated carbocycles. The number of aromatic hydroxyl groups is 6. The van der Waals surface area contributed by atoms with Gasteiger partial charge in [-0.1, -0.05) is 0 Å². The molecule has 0 saturated heterocycles. The fourth-order valence-electron chi connectivity index (χ4n) is 2.65. The number of esters is 1. The number of benzene rings is 2. The minimum Gasteiger partial charge on any atom is -0.504 e. The summed E-state index contributed by atoms with van der Waals surface area (Å²) in [5.41, 5.74) is -1.13. The van der Waals surface area contributed by atoms with Gasteiger partial charge in [-0.2, -0.15) is 0 Å². The molecule has 0 heterocycles. The lowest BCUT2D eigenvalue weighted by Crippen LogP contribution is -2.50. The summed E-state index contributed by atoms with van der Waals surface area (Å²) in [5.74, 6) is -10.00. The molecule has 4 atom stereocenters. The van der Waals surface area contributed by atoms with Crippen molar-refractivity contribution >= 4 is 17.5 Å². The number of ketones is 2. The summed E-state index contributed by atoms with van der Waals surface area (Å²) in [7, 11) is 0. The van der Waals surface area contributed by atoms with E-state index in [1.807, 2.05) is 0 Å². The van der Waals surface area contributed by atoms with E-state index in [1.165, 1.54) is 0 Å². The Balaban J connectivity index is 2.03. The average Bonchev–Trinajstić information content (AvgIpc) is 2.80. The molecular weight excluding hydrogens is 464 g/mol. The highest BCUT2D eigenvalue weighted by atomic mass is 16.5. The van der Waals surface area contributed by atoms with Crippen LogP contribution in [0, 0.1) is 0 Å². The summed E-state index contributed by atoms with van der Waals surface area (Å²) >= 11 is 0. The maximum atomic E-state index is 12.2. The highest BCUT2D eigenvalue weighted by Crippen LogP contribution is 2.36. The molecule has 14 heteroatoms. The van der Waals surface area contributed by atoms with E-state index in [-0.39, 0.29) is 0 Å². The topological polar surface area (TPSA) is 263 Å². The van der Waals surface area contributed by atoms with Gasteiger partial charge in [-0.3, -0.25) is 9.59 Å². The molecule has 14 nitrogen and oxygen atoms in total. The first kappa shape index (κ1) is 26.1. The molecule has 184 valence electrons. The van der Waals surface area contributed by atoms with Crippen molar-refractivity contribution < 1.29 is 70.2 Å². The van der Waals surface area contributed by atoms with Crippen molar-refractivity contribution in [3.05, 3.63) is 35.4 Å². The molecule has 0 bridgehead atoms. The second-order valence-electron chi connectivity index (χ2n) is 7.01. The van der Waals surface area contributed by atoms with Crippen LogP contribution in [0.4, 0.5) is 0 Å². The molecule has 2 rings (SSSR count). The van der Waals surface area contributed by atoms with Crippen molar-refractivity contribution in [2.45, 2.75) is 24.4 Å². The summed E-state index contributed by atoms with van der Waals surface area (Å²) in [5, 5.41) is 95.8. The largest absolute Gasteiger partial charge is 0.504 e. The highest BCUT2D eigenvalue weighted by molar-refractivity contribution is 6.45. The molecule has 0 unspecified atom stereocenters. The summed E-state index contributed by atoms with van der Waals surface area (Å²) in [6.07, 6.45) is -9.50. The lowest BCUT2D eigenvalue weighted by Gasteiger charge is -2.25. The molecule has 0 fully saturated rings. The Kier molecular flexibility index (Phi) is 7.86. The average molecular weight is 484 g/mol. The summed E-state index contributed by atoms with van der Waals surface area (Å²) in [6, 6.07) is 2.64. The Hall–Kier alpha value is -4.11. The van der Waals surface area contributed by atoms with E-state index in [0.29, 0.717) is 12.1 Å². The first-order valence-corrected chi connectivity index (χ1v) is 9.24. The van der Waals surface area contributed by atoms with Gasteiger partial charge < -0.3 is 55.8 Å². The molecule has 0 aliphatic rings. The van der Waals surface area contributed by atoms with Crippen LogP contribution >= 0.6 is 0 Å². The van der Waals surface area contributed by atoms with Crippen molar-refractivity contribution in [3.63, 3.8) is 0 Å². The van der Waals surface area contributed by atoms with Gasteiger partial charge in [-0.15, -0.1) is 0 Å². The Bertz CT molecular complexity index is 1060. The van der Waals surface area contributed by atoms with Gasteiger partial charge in [0, 0.05) is 5.56 Å². The maximum absolute atomic E-state index is 12.2. The van der Waals surface area contributed by atoms with Crippen LogP contribution in [-0.2, 0) is 9.53 Å². The number of rotatable bonds is 9. The predicted octanol–water partition coefficient (Wildman–Crippen LogP) is -2.03. The van der Waals surface area contributed by atoms with Crippen molar-refractivity contribution in [1.29, 1.82) is 0 Å². The fourth-order valence-corrected chi connectivity index (χ4v) is 2.65. The first-order valence-electron chi connectivity index (χ1n) is 9.24. The minimum absolute atomic E-state index is 0.462. The lowest BCUT2D eigenvalue weighted by molar-refractivity contribution is -0.143. The van der Waals surface area contributed by atoms with Gasteiger partial charge >= 0.3 is 5.97 Å². The van der Waals surface area contributed by atoms with Crippen molar-refractivity contribution in [2.75, 3.05) is 6.61 Å². The zero-order valence-corrected chi connectivity index (χ0v) is 16.9. The first-order chi connectivity index (χ1) is 15.8. The molecule has 0 spiro atoms. The molecule has 2 aromatic rings. The van der Waals surface area contributed by atoms with Crippen LogP contribution in [0.3, 0.4) is 0 Å². The molecular formula is C20H20O14. The number of phenols is 6. The normalized spacial score (nSPS) is 14.6. The summed E-state index contributed by atoms with van der Waals surface area (Å²) in [6.45, 7) is -1.02. The molecule has 34 heavy (non-hydrogen) atoms. The lowest BCUT2D eigenvalue weighted by atomic mass is 9.95. The Morgan fingerprint density at radius 2 is 1.09 bits per heavy atom. The zero-order valence-electron chi connectivity index (χ0n) is 16.9. The SMILES string of the molecule is O=C(OC[C@@H](O)[C@@H](O)[C@H](O)[C@@H](O)C(=O)C(=O)c1cc(O)c(O)c(O)c1)c1cc(O)c(O)c(O)c1. The highest BCUT2D eigenvalue weighted by Gasteiger charge is 2.38. The third kappa shape index (κ3) is 5.44. The molecule has 2 aromatic carbocycles. The van der Waals surface area contributed by atoms with Gasteiger partial charge in [0.05, 0.1) is 5.56 Å². The maximum Gasteiger partial charge on any atom is 0.338 e. The van der Waals surface area contributed by atoms with Crippen LogP contribution in [0.2, 0.25) is 0 Å². The number of hydrogen-bond donors (Lipinski definition) is 10. The summed E-state index contributed by atoms with van der Waals surface area (Å²) in [4.78, 5) is 36.2. The Morgan fingerprint density at radius 1 is 0.676 bits per heavy atom. The quantitative estimate of drug-likeness (QED) is 0.0796. The van der Waals surface area contributed by atoms with Crippen LogP contribution < -0.4 is 0 Å². The van der Waals surface area contributed by atoms with E-state index in [4.69, 9.17) is 0 Å². The van der Waals surface area contributed by atoms with E-state index >= 15 is 0 Å². The van der Waals surface area contributed by atoms with Crippen LogP contribution in [0.25, 0.3) is 0 Å². The van der Waals surface area contributed by atoms with Crippen molar-refractivity contribution in [2.24, 2.45) is 0 Å². The van der Waals surface area contributed by atoms with E-state index in [9.17, 15) is 65.4 Å². The standard InChI is InChI=1S/C20H20O14/c21-8-1-6(2-9(22)14(8)27)13(26)17(30)19(32)18(31)16(29)12(25)5-34-20(33)7-3-10(23)15(28)11(24)4-7/h1-4,12,16,18-19,21-25,27-29,31-32H,5H2/t12-,16-,18+,19+/m1/s1. The van der Waals surface area contributed by atoms with Crippen LogP contribution in [-0.4, -0.2) is 99.6 Å². The van der Waals surface area contributed by atoms with Gasteiger partial charge in [-0.25, -0.2) is 4.79 Å². The third-order valence-electron chi connectivity index (χ3n) is 4.58. The van der Waals surface area contributed by atoms with Gasteiger partial charge in [0.15, 0.2) is 34.5 Å². The number of carbonyl (C=O) groups is 3. The molecule has 0 radical (unpaired) electrons. The zero-order chi connectivity index (χ0) is 25.9. The van der Waals surface area contributed by atoms with Gasteiger partial charge in [0.25, 0.3) is 0 Å². The predicted molar refractivity (Wildman–Crippen MR) is 107 cm³/mol. The fraction of sp³-hybridized carbons (Fsp3) is 0.250. The molecule has 10 N–H and O–H groups in total. The molecule has 0 aliphatic heterocycles. The number of Topliss-reactive ketones (excluding diaryl/α,β-unsaturated/α-hetero) is 2. The number of ether oxygens (including phenoxy) is 1. The number of hydrogen-bond acceptors (Lipinski definition) is 14. The number of aliphatic hydroxyl groups is 4. The number of aliphatic hydroxyl groups excluding tert-OH is 4. The van der Waals surface area contributed by atoms with Crippen LogP contribution in [0.5, 0.6) is 34.5 Å². The summed E-state index contributed by atoms with van der Waals surface area (Å²) < 4.78 is 4.63. The van der Waals surface area contributed by atoms with Gasteiger partial charge in [0.2, 0.25) is 11.6 Å². The minimum atomic E-state index is -2.60. The van der Waals surface area contributed by atoms with Gasteiger partial charge in [0.1, 0.15) is 31.0 Å².